The molecule has 1 aromatic heterocycles. The van der Waals surface area contributed by atoms with Crippen molar-refractivity contribution in [1.82, 2.24) is 4.98 Å². The topological polar surface area (TPSA) is 34.2 Å². The van der Waals surface area contributed by atoms with Crippen LogP contribution in [0.1, 0.15) is 12.8 Å². The zero-order valence-electron chi connectivity index (χ0n) is 10.6. The summed E-state index contributed by atoms with van der Waals surface area (Å²) in [5.74, 6) is 1.76. The van der Waals surface area contributed by atoms with E-state index >= 15 is 0 Å². The Kier molecular flexibility index (Phi) is 4.18. The van der Waals surface area contributed by atoms with Gasteiger partial charge in [-0.25, -0.2) is 4.98 Å². The molecule has 3 heteroatoms. The predicted octanol–water partition coefficient (Wildman–Crippen LogP) is 3.62. The van der Waals surface area contributed by atoms with Gasteiger partial charge in [-0.1, -0.05) is 12.1 Å². The van der Waals surface area contributed by atoms with Crippen LogP contribution < -0.4 is 10.1 Å². The number of nitrogens with zero attached hydrogens (tertiary/aromatic N) is 1. The van der Waals surface area contributed by atoms with E-state index in [1.165, 1.54) is 0 Å². The molecule has 3 nitrogen and oxygen atoms in total. The number of fused-ring (bicyclic) bond motifs is 1. The molecule has 0 unspecified atom stereocenters. The minimum atomic E-state index is 0.852. The molecule has 0 aliphatic rings. The van der Waals surface area contributed by atoms with E-state index in [2.05, 4.69) is 16.9 Å². The molecule has 2 aromatic rings. The van der Waals surface area contributed by atoms with Gasteiger partial charge in [0.1, 0.15) is 11.6 Å². The van der Waals surface area contributed by atoms with Gasteiger partial charge in [-0.2, -0.15) is 0 Å². The van der Waals surface area contributed by atoms with E-state index in [9.17, 15) is 0 Å². The summed E-state index contributed by atoms with van der Waals surface area (Å²) in [6.45, 7) is 4.62. The molecule has 18 heavy (non-hydrogen) atoms. The average molecular weight is 242 g/mol. The van der Waals surface area contributed by atoms with Crippen LogP contribution in [0.4, 0.5) is 5.82 Å². The van der Waals surface area contributed by atoms with Crippen LogP contribution in [0.15, 0.2) is 43.1 Å². The van der Waals surface area contributed by atoms with E-state index < -0.39 is 0 Å². The second-order valence-corrected chi connectivity index (χ2v) is 4.10. The Morgan fingerprint density at radius 3 is 3.06 bits per heavy atom. The van der Waals surface area contributed by atoms with Gasteiger partial charge in [-0.3, -0.25) is 0 Å². The number of hydrogen-bond acceptors (Lipinski definition) is 3. The lowest BCUT2D eigenvalue weighted by Gasteiger charge is -2.09. The molecule has 0 amide bonds. The Hall–Kier alpha value is -2.03. The number of unbranched alkanes of at least 4 members (excludes halogenated alkanes) is 1. The molecule has 0 spiro atoms. The Bertz CT molecular complexity index is 537. The summed E-state index contributed by atoms with van der Waals surface area (Å²) in [7, 11) is 1.68. The molecule has 0 saturated carbocycles. The lowest BCUT2D eigenvalue weighted by molar-refractivity contribution is 0.415. The molecule has 0 saturated heterocycles. The number of aromatic nitrogens is 1. The van der Waals surface area contributed by atoms with Crippen molar-refractivity contribution >= 4 is 16.6 Å². The summed E-state index contributed by atoms with van der Waals surface area (Å²) < 4.78 is 5.25. The van der Waals surface area contributed by atoms with Gasteiger partial charge in [0, 0.05) is 18.1 Å². The number of hydrogen-bond donors (Lipinski definition) is 1. The van der Waals surface area contributed by atoms with Crippen molar-refractivity contribution in [2.24, 2.45) is 0 Å². The van der Waals surface area contributed by atoms with Crippen molar-refractivity contribution in [3.8, 4) is 5.75 Å². The first-order chi connectivity index (χ1) is 8.85. The molecule has 1 heterocycles. The number of nitrogens with one attached hydrogen (secondary N) is 1. The first-order valence-electron chi connectivity index (χ1n) is 6.12. The second-order valence-electron chi connectivity index (χ2n) is 4.10. The quantitative estimate of drug-likeness (QED) is 0.620. The fraction of sp³-hybridized carbons (Fsp3) is 0.267. The maximum Gasteiger partial charge on any atom is 0.133 e. The number of benzene rings is 1. The van der Waals surface area contributed by atoms with Crippen molar-refractivity contribution in [1.29, 1.82) is 0 Å². The smallest absolute Gasteiger partial charge is 0.133 e. The number of anilines is 1. The molecular formula is C15H18N2O. The summed E-state index contributed by atoms with van der Waals surface area (Å²) in [4.78, 5) is 4.39. The van der Waals surface area contributed by atoms with Crippen molar-refractivity contribution in [3.05, 3.63) is 43.1 Å². The first-order valence-corrected chi connectivity index (χ1v) is 6.12. The highest BCUT2D eigenvalue weighted by molar-refractivity contribution is 5.92. The maximum atomic E-state index is 5.25. The fourth-order valence-corrected chi connectivity index (χ4v) is 1.87. The van der Waals surface area contributed by atoms with E-state index in [4.69, 9.17) is 4.74 Å². The Morgan fingerprint density at radius 2 is 2.28 bits per heavy atom. The Balaban J connectivity index is 2.22. The largest absolute Gasteiger partial charge is 0.497 e. The minimum Gasteiger partial charge on any atom is -0.497 e. The number of pyridine rings is 1. The summed E-state index contributed by atoms with van der Waals surface area (Å²) in [5, 5.41) is 5.62. The van der Waals surface area contributed by atoms with Gasteiger partial charge in [0.2, 0.25) is 0 Å². The van der Waals surface area contributed by atoms with Crippen LogP contribution in [0.2, 0.25) is 0 Å². The molecule has 2 rings (SSSR count). The van der Waals surface area contributed by atoms with Gasteiger partial charge in [0.05, 0.1) is 7.11 Å². The zero-order chi connectivity index (χ0) is 12.8. The summed E-state index contributed by atoms with van der Waals surface area (Å²) in [6.07, 6.45) is 5.83. The van der Waals surface area contributed by atoms with Gasteiger partial charge in [0.15, 0.2) is 0 Å². The lowest BCUT2D eigenvalue weighted by atomic mass is 10.1. The van der Waals surface area contributed by atoms with Crippen LogP contribution in [0.3, 0.4) is 0 Å². The molecule has 94 valence electrons. The van der Waals surface area contributed by atoms with E-state index in [1.54, 1.807) is 7.11 Å². The minimum absolute atomic E-state index is 0.852. The average Bonchev–Trinajstić information content (AvgIpc) is 2.43. The number of methoxy groups -OCH3 is 1. The molecular weight excluding hydrogens is 224 g/mol. The van der Waals surface area contributed by atoms with Crippen molar-refractivity contribution in [2.45, 2.75) is 12.8 Å². The van der Waals surface area contributed by atoms with Crippen molar-refractivity contribution in [2.75, 3.05) is 19.0 Å². The van der Waals surface area contributed by atoms with Crippen LogP contribution in [0, 0.1) is 0 Å². The highest BCUT2D eigenvalue weighted by atomic mass is 16.5. The van der Waals surface area contributed by atoms with E-state index in [0.29, 0.717) is 0 Å². The van der Waals surface area contributed by atoms with Gasteiger partial charge < -0.3 is 10.1 Å². The SMILES string of the molecule is C=CCCCNc1nccc2ccc(OC)cc12. The highest BCUT2D eigenvalue weighted by Crippen LogP contribution is 2.25. The Morgan fingerprint density at radius 1 is 1.39 bits per heavy atom. The standard InChI is InChI=1S/C15H18N2O/c1-3-4-5-9-16-15-14-11-13(18-2)7-6-12(14)8-10-17-15/h3,6-8,10-11H,1,4-5,9H2,2H3,(H,16,17). The van der Waals surface area contributed by atoms with Crippen LogP contribution in [0.25, 0.3) is 10.8 Å². The van der Waals surface area contributed by atoms with Gasteiger partial charge in [-0.05, 0) is 36.4 Å². The summed E-state index contributed by atoms with van der Waals surface area (Å²) in [6, 6.07) is 8.02. The number of rotatable bonds is 6. The van der Waals surface area contributed by atoms with Crippen molar-refractivity contribution in [3.63, 3.8) is 0 Å². The fourth-order valence-electron chi connectivity index (χ4n) is 1.87. The van der Waals surface area contributed by atoms with Crippen LogP contribution in [-0.4, -0.2) is 18.6 Å². The third-order valence-corrected chi connectivity index (χ3v) is 2.85. The molecule has 0 aliphatic heterocycles. The summed E-state index contributed by atoms with van der Waals surface area (Å²) in [5.41, 5.74) is 0. The Labute approximate surface area is 107 Å². The summed E-state index contributed by atoms with van der Waals surface area (Å²) >= 11 is 0. The monoisotopic (exact) mass is 242 g/mol. The van der Waals surface area contributed by atoms with Crippen LogP contribution in [-0.2, 0) is 0 Å². The molecule has 1 aromatic carbocycles. The van der Waals surface area contributed by atoms with Crippen LogP contribution >= 0.6 is 0 Å². The van der Waals surface area contributed by atoms with Gasteiger partial charge in [-0.15, -0.1) is 6.58 Å². The van der Waals surface area contributed by atoms with Crippen molar-refractivity contribution < 1.29 is 4.74 Å². The number of ether oxygens (including phenoxy) is 1. The molecule has 0 atom stereocenters. The molecule has 0 aliphatic carbocycles. The molecule has 0 radical (unpaired) electrons. The predicted molar refractivity (Wildman–Crippen MR) is 76.2 cm³/mol. The van der Waals surface area contributed by atoms with Gasteiger partial charge in [0.25, 0.3) is 0 Å². The first kappa shape index (κ1) is 12.4. The lowest BCUT2D eigenvalue weighted by Crippen LogP contribution is -2.03. The highest BCUT2D eigenvalue weighted by Gasteiger charge is 2.03. The second kappa shape index (κ2) is 6.05. The number of allylic oxidation sites excluding steroid dienone is 1. The third kappa shape index (κ3) is 2.80. The van der Waals surface area contributed by atoms with E-state index in [1.807, 2.05) is 36.5 Å². The van der Waals surface area contributed by atoms with E-state index in [-0.39, 0.29) is 0 Å². The molecule has 0 fully saturated rings. The van der Waals surface area contributed by atoms with E-state index in [0.717, 1.165) is 41.7 Å². The third-order valence-electron chi connectivity index (χ3n) is 2.85. The van der Waals surface area contributed by atoms with Gasteiger partial charge >= 0.3 is 0 Å². The zero-order valence-corrected chi connectivity index (χ0v) is 10.6. The maximum absolute atomic E-state index is 5.25. The molecule has 1 N–H and O–H groups in total. The molecule has 0 bridgehead atoms. The normalized spacial score (nSPS) is 10.3. The van der Waals surface area contributed by atoms with Crippen LogP contribution in [0.5, 0.6) is 5.75 Å².